The van der Waals surface area contributed by atoms with E-state index in [2.05, 4.69) is 21.2 Å². The van der Waals surface area contributed by atoms with Crippen molar-refractivity contribution in [3.05, 3.63) is 0 Å². The summed E-state index contributed by atoms with van der Waals surface area (Å²) in [6.07, 6.45) is 1.07. The number of alkyl halides is 1. The molecule has 0 radical (unpaired) electrons. The molecule has 1 aliphatic rings. The van der Waals surface area contributed by atoms with Crippen molar-refractivity contribution in [3.63, 3.8) is 0 Å². The number of amides is 1. The zero-order valence-corrected chi connectivity index (χ0v) is 10.4. The van der Waals surface area contributed by atoms with E-state index in [1.54, 1.807) is 6.92 Å². The highest BCUT2D eigenvalue weighted by Crippen LogP contribution is 2.12. The molecule has 14 heavy (non-hydrogen) atoms. The number of nitrogens with one attached hydrogen (secondary N) is 1. The highest BCUT2D eigenvalue weighted by molar-refractivity contribution is 9.10. The van der Waals surface area contributed by atoms with E-state index in [-0.39, 0.29) is 28.3 Å². The standard InChI is InChI=1S/C8H14BrNO3S/c1-6(9)8(11)10-7-2-4-14(12,13)5-3-7/h6-7H,2-5H2,1H3,(H,10,11). The Morgan fingerprint density at radius 3 is 2.36 bits per heavy atom. The van der Waals surface area contributed by atoms with Crippen LogP contribution in [0, 0.1) is 0 Å². The number of halogens is 1. The Morgan fingerprint density at radius 2 is 1.93 bits per heavy atom. The van der Waals surface area contributed by atoms with Crippen molar-refractivity contribution in [2.24, 2.45) is 0 Å². The van der Waals surface area contributed by atoms with Gasteiger partial charge in [-0.15, -0.1) is 0 Å². The molecule has 1 heterocycles. The van der Waals surface area contributed by atoms with E-state index in [0.29, 0.717) is 12.8 Å². The van der Waals surface area contributed by atoms with Crippen molar-refractivity contribution in [2.75, 3.05) is 11.5 Å². The lowest BCUT2D eigenvalue weighted by atomic mass is 10.1. The van der Waals surface area contributed by atoms with Gasteiger partial charge in [0, 0.05) is 6.04 Å². The molecule has 6 heteroatoms. The summed E-state index contributed by atoms with van der Waals surface area (Å²) in [4.78, 5) is 11.0. The molecular formula is C8H14BrNO3S. The fourth-order valence-electron chi connectivity index (χ4n) is 1.35. The van der Waals surface area contributed by atoms with Gasteiger partial charge in [0.15, 0.2) is 0 Å². The molecule has 1 atom stereocenters. The first-order valence-electron chi connectivity index (χ1n) is 4.55. The molecule has 1 saturated heterocycles. The van der Waals surface area contributed by atoms with Crippen LogP contribution in [-0.2, 0) is 14.6 Å². The Balaban J connectivity index is 2.40. The molecule has 4 nitrogen and oxygen atoms in total. The van der Waals surface area contributed by atoms with E-state index in [9.17, 15) is 13.2 Å². The van der Waals surface area contributed by atoms with Gasteiger partial charge < -0.3 is 5.32 Å². The monoisotopic (exact) mass is 283 g/mol. The van der Waals surface area contributed by atoms with Crippen LogP contribution in [-0.4, -0.2) is 36.7 Å². The Hall–Kier alpha value is -0.100. The molecular weight excluding hydrogens is 270 g/mol. The quantitative estimate of drug-likeness (QED) is 0.749. The van der Waals surface area contributed by atoms with E-state index in [0.717, 1.165) is 0 Å². The first-order valence-corrected chi connectivity index (χ1v) is 7.29. The number of hydrogen-bond donors (Lipinski definition) is 1. The summed E-state index contributed by atoms with van der Waals surface area (Å²) in [6, 6.07) is 0.0195. The summed E-state index contributed by atoms with van der Waals surface area (Å²) >= 11 is 3.16. The second kappa shape index (κ2) is 4.61. The van der Waals surface area contributed by atoms with Gasteiger partial charge in [-0.2, -0.15) is 0 Å². The van der Waals surface area contributed by atoms with Crippen molar-refractivity contribution < 1.29 is 13.2 Å². The first kappa shape index (κ1) is 12.0. The predicted molar refractivity (Wildman–Crippen MR) is 58.2 cm³/mol. The van der Waals surface area contributed by atoms with Crippen LogP contribution in [0.2, 0.25) is 0 Å². The lowest BCUT2D eigenvalue weighted by Gasteiger charge is -2.23. The van der Waals surface area contributed by atoms with E-state index < -0.39 is 9.84 Å². The first-order chi connectivity index (χ1) is 6.41. The smallest absolute Gasteiger partial charge is 0.233 e. The molecule has 1 amide bonds. The highest BCUT2D eigenvalue weighted by Gasteiger charge is 2.25. The van der Waals surface area contributed by atoms with Gasteiger partial charge in [-0.3, -0.25) is 4.79 Å². The van der Waals surface area contributed by atoms with Gasteiger partial charge in [-0.25, -0.2) is 8.42 Å². The zero-order valence-electron chi connectivity index (χ0n) is 7.99. The van der Waals surface area contributed by atoms with Crippen LogP contribution in [0.3, 0.4) is 0 Å². The van der Waals surface area contributed by atoms with Crippen LogP contribution < -0.4 is 5.32 Å². The number of sulfone groups is 1. The molecule has 1 N–H and O–H groups in total. The SMILES string of the molecule is CC(Br)C(=O)NC1CCS(=O)(=O)CC1. The van der Waals surface area contributed by atoms with Crippen LogP contribution in [0.25, 0.3) is 0 Å². The molecule has 1 rings (SSSR count). The zero-order chi connectivity index (χ0) is 10.8. The summed E-state index contributed by atoms with van der Waals surface area (Å²) in [7, 11) is -2.83. The second-order valence-electron chi connectivity index (χ2n) is 3.55. The van der Waals surface area contributed by atoms with E-state index in [1.807, 2.05) is 0 Å². The largest absolute Gasteiger partial charge is 0.352 e. The van der Waals surface area contributed by atoms with Crippen LogP contribution in [0.15, 0.2) is 0 Å². The van der Waals surface area contributed by atoms with Gasteiger partial charge in [0.2, 0.25) is 5.91 Å². The van der Waals surface area contributed by atoms with E-state index >= 15 is 0 Å². The molecule has 1 unspecified atom stereocenters. The minimum absolute atomic E-state index is 0.0195. The van der Waals surface area contributed by atoms with Crippen molar-refractivity contribution in [3.8, 4) is 0 Å². The average molecular weight is 284 g/mol. The topological polar surface area (TPSA) is 63.2 Å². The van der Waals surface area contributed by atoms with Crippen LogP contribution >= 0.6 is 15.9 Å². The maximum atomic E-state index is 11.3. The van der Waals surface area contributed by atoms with E-state index in [1.165, 1.54) is 0 Å². The van der Waals surface area contributed by atoms with Gasteiger partial charge in [-0.05, 0) is 19.8 Å². The summed E-state index contributed by atoms with van der Waals surface area (Å²) in [6.45, 7) is 1.74. The minimum atomic E-state index is -2.83. The van der Waals surface area contributed by atoms with Crippen molar-refractivity contribution in [2.45, 2.75) is 30.6 Å². The maximum Gasteiger partial charge on any atom is 0.233 e. The molecule has 0 bridgehead atoms. The van der Waals surface area contributed by atoms with Gasteiger partial charge >= 0.3 is 0 Å². The van der Waals surface area contributed by atoms with Gasteiger partial charge in [0.1, 0.15) is 9.84 Å². The molecule has 0 aliphatic carbocycles. The summed E-state index contributed by atoms with van der Waals surface area (Å²) in [5.41, 5.74) is 0. The van der Waals surface area contributed by atoms with Crippen molar-refractivity contribution in [1.29, 1.82) is 0 Å². The minimum Gasteiger partial charge on any atom is -0.352 e. The lowest BCUT2D eigenvalue weighted by Crippen LogP contribution is -2.43. The maximum absolute atomic E-state index is 11.3. The lowest BCUT2D eigenvalue weighted by molar-refractivity contribution is -0.120. The molecule has 0 aromatic carbocycles. The third-order valence-corrected chi connectivity index (χ3v) is 4.39. The Labute approximate surface area is 92.5 Å². The van der Waals surface area contributed by atoms with Crippen LogP contribution in [0.4, 0.5) is 0 Å². The van der Waals surface area contributed by atoms with Crippen molar-refractivity contribution >= 4 is 31.7 Å². The van der Waals surface area contributed by atoms with Crippen LogP contribution in [0.5, 0.6) is 0 Å². The molecule has 1 aliphatic heterocycles. The van der Waals surface area contributed by atoms with Crippen LogP contribution in [0.1, 0.15) is 19.8 Å². The predicted octanol–water partition coefficient (Wildman–Crippen LogP) is 0.463. The summed E-state index contributed by atoms with van der Waals surface area (Å²) < 4.78 is 22.2. The third-order valence-electron chi connectivity index (χ3n) is 2.26. The number of carbonyl (C=O) groups is 1. The second-order valence-corrected chi connectivity index (χ2v) is 7.23. The summed E-state index contributed by atoms with van der Waals surface area (Å²) in [5.74, 6) is 0.303. The van der Waals surface area contributed by atoms with Gasteiger partial charge in [-0.1, -0.05) is 15.9 Å². The Kier molecular flexibility index (Phi) is 3.94. The highest BCUT2D eigenvalue weighted by atomic mass is 79.9. The molecule has 82 valence electrons. The Morgan fingerprint density at radius 1 is 1.43 bits per heavy atom. The normalized spacial score (nSPS) is 24.1. The fourth-order valence-corrected chi connectivity index (χ4v) is 2.97. The van der Waals surface area contributed by atoms with E-state index in [4.69, 9.17) is 0 Å². The van der Waals surface area contributed by atoms with Crippen molar-refractivity contribution in [1.82, 2.24) is 5.32 Å². The molecule has 0 aromatic heterocycles. The number of hydrogen-bond acceptors (Lipinski definition) is 3. The summed E-state index contributed by atoms with van der Waals surface area (Å²) in [5, 5.41) is 2.81. The molecule has 0 spiro atoms. The molecule has 0 saturated carbocycles. The molecule has 1 fully saturated rings. The molecule has 0 aromatic rings. The fraction of sp³-hybridized carbons (Fsp3) is 0.875. The number of rotatable bonds is 2. The Bertz CT molecular complexity index is 299. The third kappa shape index (κ3) is 3.57. The van der Waals surface area contributed by atoms with Gasteiger partial charge in [0.25, 0.3) is 0 Å². The van der Waals surface area contributed by atoms with Gasteiger partial charge in [0.05, 0.1) is 16.3 Å². The average Bonchev–Trinajstić information content (AvgIpc) is 2.08. The number of carbonyl (C=O) groups excluding carboxylic acids is 1.